The Morgan fingerprint density at radius 3 is 2.65 bits per heavy atom. The standard InChI is InChI=1S/C13H19FN2O3S/c1-16(11-4-2-3-5-12(11)17)20(18,19)13-8-9(14)6-7-10(13)15/h6-8,11-12,17H,2-5,15H2,1H3. The summed E-state index contributed by atoms with van der Waals surface area (Å²) in [6, 6.07) is 2.77. The Balaban J connectivity index is 2.36. The number of anilines is 1. The first-order valence-corrected chi connectivity index (χ1v) is 7.99. The van der Waals surface area contributed by atoms with Crippen molar-refractivity contribution in [2.75, 3.05) is 12.8 Å². The van der Waals surface area contributed by atoms with Crippen molar-refractivity contribution in [3.05, 3.63) is 24.0 Å². The van der Waals surface area contributed by atoms with Crippen LogP contribution in [0.1, 0.15) is 25.7 Å². The molecule has 0 aliphatic heterocycles. The zero-order chi connectivity index (χ0) is 14.9. The predicted octanol–water partition coefficient (Wildman–Crippen LogP) is 1.33. The zero-order valence-electron chi connectivity index (χ0n) is 11.3. The molecular formula is C13H19FN2O3S. The van der Waals surface area contributed by atoms with Crippen molar-refractivity contribution >= 4 is 15.7 Å². The van der Waals surface area contributed by atoms with Crippen molar-refractivity contribution < 1.29 is 17.9 Å². The van der Waals surface area contributed by atoms with E-state index in [0.717, 1.165) is 29.3 Å². The van der Waals surface area contributed by atoms with Crippen LogP contribution in [0.25, 0.3) is 0 Å². The molecule has 2 unspecified atom stereocenters. The number of rotatable bonds is 3. The molecule has 0 spiro atoms. The number of nitrogen functional groups attached to an aromatic ring is 1. The number of aliphatic hydroxyl groups is 1. The molecule has 0 bridgehead atoms. The van der Waals surface area contributed by atoms with Crippen molar-refractivity contribution in [1.29, 1.82) is 0 Å². The number of hydrogen-bond acceptors (Lipinski definition) is 4. The van der Waals surface area contributed by atoms with Gasteiger partial charge in [0.25, 0.3) is 0 Å². The highest BCUT2D eigenvalue weighted by Gasteiger charge is 2.35. The highest BCUT2D eigenvalue weighted by Crippen LogP contribution is 2.29. The molecule has 0 saturated heterocycles. The fourth-order valence-electron chi connectivity index (χ4n) is 2.58. The van der Waals surface area contributed by atoms with Gasteiger partial charge in [-0.1, -0.05) is 12.8 Å². The predicted molar refractivity (Wildman–Crippen MR) is 74.0 cm³/mol. The summed E-state index contributed by atoms with van der Waals surface area (Å²) in [4.78, 5) is -0.252. The van der Waals surface area contributed by atoms with Crippen molar-refractivity contribution in [1.82, 2.24) is 4.31 Å². The van der Waals surface area contributed by atoms with Gasteiger partial charge in [-0.25, -0.2) is 12.8 Å². The summed E-state index contributed by atoms with van der Waals surface area (Å²) in [5.74, 6) is -0.657. The highest BCUT2D eigenvalue weighted by atomic mass is 32.2. The van der Waals surface area contributed by atoms with E-state index in [1.165, 1.54) is 13.1 Å². The smallest absolute Gasteiger partial charge is 0.245 e. The number of likely N-dealkylation sites (N-methyl/N-ethyl adjacent to an activating group) is 1. The summed E-state index contributed by atoms with van der Waals surface area (Å²) in [5.41, 5.74) is 5.65. The lowest BCUT2D eigenvalue weighted by Crippen LogP contribution is -2.46. The number of sulfonamides is 1. The van der Waals surface area contributed by atoms with Gasteiger partial charge in [0.15, 0.2) is 0 Å². The van der Waals surface area contributed by atoms with Crippen LogP contribution < -0.4 is 5.73 Å². The first kappa shape index (κ1) is 15.2. The molecule has 1 aromatic rings. The second kappa shape index (κ2) is 5.67. The van der Waals surface area contributed by atoms with Gasteiger partial charge in [-0.2, -0.15) is 4.31 Å². The average Bonchev–Trinajstić information content (AvgIpc) is 2.41. The van der Waals surface area contributed by atoms with Gasteiger partial charge in [-0.15, -0.1) is 0 Å². The van der Waals surface area contributed by atoms with Crippen molar-refractivity contribution in [3.8, 4) is 0 Å². The Hall–Kier alpha value is -1.18. The molecule has 7 heteroatoms. The van der Waals surface area contributed by atoms with E-state index in [9.17, 15) is 17.9 Å². The maximum atomic E-state index is 13.3. The van der Waals surface area contributed by atoms with Crippen molar-refractivity contribution in [2.24, 2.45) is 0 Å². The third-order valence-corrected chi connectivity index (χ3v) is 5.73. The minimum atomic E-state index is -3.92. The maximum Gasteiger partial charge on any atom is 0.245 e. The molecule has 2 rings (SSSR count). The molecule has 1 aliphatic carbocycles. The summed E-state index contributed by atoms with van der Waals surface area (Å²) in [7, 11) is -2.51. The zero-order valence-corrected chi connectivity index (χ0v) is 12.1. The summed E-state index contributed by atoms with van der Waals surface area (Å²) in [6.45, 7) is 0. The van der Waals surface area contributed by atoms with Crippen LogP contribution in [0.15, 0.2) is 23.1 Å². The molecular weight excluding hydrogens is 283 g/mol. The van der Waals surface area contributed by atoms with Gasteiger partial charge in [0.05, 0.1) is 17.8 Å². The van der Waals surface area contributed by atoms with Crippen LogP contribution in [0, 0.1) is 5.82 Å². The summed E-state index contributed by atoms with van der Waals surface area (Å²) in [6.07, 6.45) is 2.21. The Labute approximate surface area is 118 Å². The molecule has 0 radical (unpaired) electrons. The number of nitrogens with two attached hydrogens (primary N) is 1. The van der Waals surface area contributed by atoms with E-state index in [2.05, 4.69) is 0 Å². The minimum Gasteiger partial charge on any atom is -0.398 e. The monoisotopic (exact) mass is 302 g/mol. The SMILES string of the molecule is CN(C1CCCCC1O)S(=O)(=O)c1cc(F)ccc1N. The molecule has 20 heavy (non-hydrogen) atoms. The van der Waals surface area contributed by atoms with Crippen LogP contribution in [0.5, 0.6) is 0 Å². The number of nitrogens with zero attached hydrogens (tertiary/aromatic N) is 1. The van der Waals surface area contributed by atoms with Gasteiger partial charge in [-0.05, 0) is 31.0 Å². The molecule has 1 fully saturated rings. The lowest BCUT2D eigenvalue weighted by Gasteiger charge is -2.34. The van der Waals surface area contributed by atoms with E-state index in [1.807, 2.05) is 0 Å². The van der Waals surface area contributed by atoms with E-state index < -0.39 is 28.0 Å². The van der Waals surface area contributed by atoms with Crippen LogP contribution in [-0.2, 0) is 10.0 Å². The topological polar surface area (TPSA) is 83.6 Å². The summed E-state index contributed by atoms with van der Waals surface area (Å²) in [5, 5.41) is 9.96. The highest BCUT2D eigenvalue weighted by molar-refractivity contribution is 7.89. The van der Waals surface area contributed by atoms with Gasteiger partial charge in [0.2, 0.25) is 10.0 Å². The van der Waals surface area contributed by atoms with Gasteiger partial charge in [0.1, 0.15) is 10.7 Å². The van der Waals surface area contributed by atoms with Crippen LogP contribution >= 0.6 is 0 Å². The van der Waals surface area contributed by atoms with E-state index in [1.54, 1.807) is 0 Å². The molecule has 112 valence electrons. The van der Waals surface area contributed by atoms with Crippen molar-refractivity contribution in [2.45, 2.75) is 42.7 Å². The Morgan fingerprint density at radius 2 is 2.00 bits per heavy atom. The number of benzene rings is 1. The summed E-state index contributed by atoms with van der Waals surface area (Å²) >= 11 is 0. The maximum absolute atomic E-state index is 13.3. The molecule has 1 aliphatic rings. The van der Waals surface area contributed by atoms with Gasteiger partial charge in [-0.3, -0.25) is 0 Å². The van der Waals surface area contributed by atoms with E-state index >= 15 is 0 Å². The molecule has 5 nitrogen and oxygen atoms in total. The molecule has 0 aromatic heterocycles. The third kappa shape index (κ3) is 2.79. The van der Waals surface area contributed by atoms with Crippen LogP contribution in [0.3, 0.4) is 0 Å². The van der Waals surface area contributed by atoms with E-state index in [0.29, 0.717) is 12.8 Å². The van der Waals surface area contributed by atoms with E-state index in [-0.39, 0.29) is 10.6 Å². The van der Waals surface area contributed by atoms with Gasteiger partial charge >= 0.3 is 0 Å². The van der Waals surface area contributed by atoms with Gasteiger partial charge < -0.3 is 10.8 Å². The second-order valence-electron chi connectivity index (χ2n) is 5.12. The first-order chi connectivity index (χ1) is 9.34. The fraction of sp³-hybridized carbons (Fsp3) is 0.538. The Bertz CT molecular complexity index is 591. The fourth-order valence-corrected chi connectivity index (χ4v) is 4.12. The van der Waals surface area contributed by atoms with Crippen LogP contribution in [-0.4, -0.2) is 37.0 Å². The molecule has 0 amide bonds. The molecule has 0 heterocycles. The van der Waals surface area contributed by atoms with Crippen molar-refractivity contribution in [3.63, 3.8) is 0 Å². The van der Waals surface area contributed by atoms with Gasteiger partial charge in [0, 0.05) is 7.05 Å². The van der Waals surface area contributed by atoms with Crippen LogP contribution in [0.4, 0.5) is 10.1 Å². The number of aliphatic hydroxyl groups excluding tert-OH is 1. The van der Waals surface area contributed by atoms with Crippen LogP contribution in [0.2, 0.25) is 0 Å². The lowest BCUT2D eigenvalue weighted by molar-refractivity contribution is 0.0638. The Morgan fingerprint density at radius 1 is 1.35 bits per heavy atom. The molecule has 2 atom stereocenters. The third-order valence-electron chi connectivity index (χ3n) is 3.79. The minimum absolute atomic E-state index is 0.00329. The molecule has 3 N–H and O–H groups in total. The Kier molecular flexibility index (Phi) is 4.31. The summed E-state index contributed by atoms with van der Waals surface area (Å²) < 4.78 is 39.4. The quantitative estimate of drug-likeness (QED) is 0.825. The lowest BCUT2D eigenvalue weighted by atomic mass is 9.93. The van der Waals surface area contributed by atoms with E-state index in [4.69, 9.17) is 5.73 Å². The number of hydrogen-bond donors (Lipinski definition) is 2. The molecule has 1 saturated carbocycles. The first-order valence-electron chi connectivity index (χ1n) is 6.55. The average molecular weight is 302 g/mol. The largest absolute Gasteiger partial charge is 0.398 e. The number of halogens is 1. The normalized spacial score (nSPS) is 24.0. The molecule has 1 aromatic carbocycles. The second-order valence-corrected chi connectivity index (χ2v) is 7.09.